The van der Waals surface area contributed by atoms with E-state index in [0.717, 1.165) is 5.56 Å². The molecule has 1 aromatic carbocycles. The minimum absolute atomic E-state index is 0.0148. The summed E-state index contributed by atoms with van der Waals surface area (Å²) in [6.07, 6.45) is 3.37. The zero-order valence-electron chi connectivity index (χ0n) is 8.27. The summed E-state index contributed by atoms with van der Waals surface area (Å²) in [5.74, 6) is 0. The first-order valence-corrected chi connectivity index (χ1v) is 5.07. The Morgan fingerprint density at radius 3 is 2.53 bits per heavy atom. The van der Waals surface area contributed by atoms with Crippen LogP contribution in [0.5, 0.6) is 0 Å². The van der Waals surface area contributed by atoms with Crippen molar-refractivity contribution in [1.82, 2.24) is 9.55 Å². The number of nitrogens with zero attached hydrogens (tertiary/aromatic N) is 1. The summed E-state index contributed by atoms with van der Waals surface area (Å²) >= 11 is 5.80. The van der Waals surface area contributed by atoms with Crippen LogP contribution in [0, 0.1) is 0 Å². The van der Waals surface area contributed by atoms with Crippen molar-refractivity contribution in [1.29, 1.82) is 0 Å². The first-order valence-electron chi connectivity index (χ1n) is 4.69. The van der Waals surface area contributed by atoms with Crippen molar-refractivity contribution < 1.29 is 0 Å². The van der Waals surface area contributed by atoms with Crippen LogP contribution in [0.15, 0.2) is 41.5 Å². The van der Waals surface area contributed by atoms with Gasteiger partial charge >= 0.3 is 5.69 Å². The van der Waals surface area contributed by atoms with Crippen molar-refractivity contribution in [3.63, 3.8) is 0 Å². The third kappa shape index (κ3) is 1.97. The predicted octanol–water partition coefficient (Wildman–Crippen LogP) is 2.44. The van der Waals surface area contributed by atoms with Gasteiger partial charge in [-0.2, -0.15) is 0 Å². The summed E-state index contributed by atoms with van der Waals surface area (Å²) in [6, 6.07) is 7.51. The summed E-state index contributed by atoms with van der Waals surface area (Å²) in [5.41, 5.74) is 0.957. The lowest BCUT2D eigenvalue weighted by Gasteiger charge is -2.12. The molecule has 15 heavy (non-hydrogen) atoms. The summed E-state index contributed by atoms with van der Waals surface area (Å²) in [6.45, 7) is 1.97. The number of aromatic nitrogens is 2. The average molecular weight is 223 g/mol. The number of rotatable bonds is 2. The number of hydrogen-bond donors (Lipinski definition) is 1. The number of imidazole rings is 1. The Labute approximate surface area is 92.3 Å². The van der Waals surface area contributed by atoms with Crippen molar-refractivity contribution in [2.75, 3.05) is 0 Å². The Balaban J connectivity index is 2.36. The van der Waals surface area contributed by atoms with Gasteiger partial charge in [-0.05, 0) is 24.6 Å². The molecule has 0 saturated heterocycles. The molecule has 1 unspecified atom stereocenters. The number of aromatic amines is 1. The Morgan fingerprint density at radius 1 is 1.33 bits per heavy atom. The third-order valence-corrected chi connectivity index (χ3v) is 2.70. The molecule has 78 valence electrons. The zero-order valence-corrected chi connectivity index (χ0v) is 9.03. The maximum absolute atomic E-state index is 11.4. The molecule has 0 bridgehead atoms. The lowest BCUT2D eigenvalue weighted by molar-refractivity contribution is 0.617. The summed E-state index contributed by atoms with van der Waals surface area (Å²) in [7, 11) is 0. The van der Waals surface area contributed by atoms with E-state index in [1.54, 1.807) is 17.0 Å². The molecule has 2 rings (SSSR count). The van der Waals surface area contributed by atoms with E-state index in [1.165, 1.54) is 0 Å². The molecule has 0 aliphatic heterocycles. The van der Waals surface area contributed by atoms with Gasteiger partial charge in [0.25, 0.3) is 0 Å². The zero-order chi connectivity index (χ0) is 10.8. The first-order chi connectivity index (χ1) is 7.18. The van der Waals surface area contributed by atoms with Crippen molar-refractivity contribution in [2.24, 2.45) is 0 Å². The number of nitrogens with one attached hydrogen (secondary N) is 1. The highest BCUT2D eigenvalue weighted by molar-refractivity contribution is 6.30. The van der Waals surface area contributed by atoms with E-state index < -0.39 is 0 Å². The van der Waals surface area contributed by atoms with E-state index in [1.807, 2.05) is 31.2 Å². The highest BCUT2D eigenvalue weighted by Crippen LogP contribution is 2.18. The molecule has 1 heterocycles. The molecule has 0 saturated carbocycles. The Bertz CT molecular complexity index is 498. The van der Waals surface area contributed by atoms with Crippen molar-refractivity contribution in [2.45, 2.75) is 13.0 Å². The van der Waals surface area contributed by atoms with Gasteiger partial charge in [0, 0.05) is 17.4 Å². The van der Waals surface area contributed by atoms with Gasteiger partial charge in [0.1, 0.15) is 0 Å². The quantitative estimate of drug-likeness (QED) is 0.833. The second-order valence-corrected chi connectivity index (χ2v) is 3.84. The largest absolute Gasteiger partial charge is 0.326 e. The van der Waals surface area contributed by atoms with Crippen molar-refractivity contribution >= 4 is 11.6 Å². The summed E-state index contributed by atoms with van der Waals surface area (Å²) in [5, 5.41) is 0.701. The van der Waals surface area contributed by atoms with Crippen LogP contribution in [0.4, 0.5) is 0 Å². The lowest BCUT2D eigenvalue weighted by atomic mass is 10.1. The summed E-state index contributed by atoms with van der Waals surface area (Å²) in [4.78, 5) is 14.0. The van der Waals surface area contributed by atoms with E-state index in [-0.39, 0.29) is 11.7 Å². The van der Waals surface area contributed by atoms with Gasteiger partial charge in [-0.3, -0.25) is 4.57 Å². The molecule has 0 aliphatic rings. The van der Waals surface area contributed by atoms with E-state index in [0.29, 0.717) is 5.02 Å². The average Bonchev–Trinajstić information content (AvgIpc) is 2.65. The predicted molar refractivity (Wildman–Crippen MR) is 60.3 cm³/mol. The van der Waals surface area contributed by atoms with E-state index in [4.69, 9.17) is 11.6 Å². The number of benzene rings is 1. The molecular weight excluding hydrogens is 212 g/mol. The van der Waals surface area contributed by atoms with Gasteiger partial charge in [0.15, 0.2) is 0 Å². The molecular formula is C11H11ClN2O. The van der Waals surface area contributed by atoms with Gasteiger partial charge < -0.3 is 4.98 Å². The highest BCUT2D eigenvalue weighted by atomic mass is 35.5. The minimum Gasteiger partial charge on any atom is -0.313 e. The van der Waals surface area contributed by atoms with Gasteiger partial charge in [-0.15, -0.1) is 0 Å². The molecule has 0 aliphatic carbocycles. The van der Waals surface area contributed by atoms with Crippen LogP contribution >= 0.6 is 11.6 Å². The Hall–Kier alpha value is -1.48. The first kappa shape index (κ1) is 10.1. The van der Waals surface area contributed by atoms with E-state index in [2.05, 4.69) is 4.98 Å². The Kier molecular flexibility index (Phi) is 2.64. The summed E-state index contributed by atoms with van der Waals surface area (Å²) < 4.78 is 1.64. The van der Waals surface area contributed by atoms with Crippen molar-refractivity contribution in [3.05, 3.63) is 57.7 Å². The lowest BCUT2D eigenvalue weighted by Crippen LogP contribution is -2.20. The second kappa shape index (κ2) is 3.95. The van der Waals surface area contributed by atoms with Crippen LogP contribution in [-0.4, -0.2) is 9.55 Å². The SMILES string of the molecule is CC(c1ccc(Cl)cc1)n1cc[nH]c1=O. The smallest absolute Gasteiger partial charge is 0.313 e. The van der Waals surface area contributed by atoms with Crippen molar-refractivity contribution in [3.8, 4) is 0 Å². The maximum Gasteiger partial charge on any atom is 0.326 e. The molecule has 2 aromatic rings. The van der Waals surface area contributed by atoms with Gasteiger partial charge in [0.05, 0.1) is 6.04 Å². The van der Waals surface area contributed by atoms with Crippen LogP contribution in [0.3, 0.4) is 0 Å². The minimum atomic E-state index is -0.0996. The number of H-pyrrole nitrogens is 1. The van der Waals surface area contributed by atoms with Crippen LogP contribution in [0.25, 0.3) is 0 Å². The molecule has 0 fully saturated rings. The fourth-order valence-electron chi connectivity index (χ4n) is 1.54. The molecule has 0 radical (unpaired) electrons. The third-order valence-electron chi connectivity index (χ3n) is 2.45. The molecule has 4 heteroatoms. The molecule has 3 nitrogen and oxygen atoms in total. The van der Waals surface area contributed by atoms with Crippen LogP contribution < -0.4 is 5.69 Å². The number of hydrogen-bond acceptors (Lipinski definition) is 1. The maximum atomic E-state index is 11.4. The van der Waals surface area contributed by atoms with Crippen LogP contribution in [0.2, 0.25) is 5.02 Å². The highest BCUT2D eigenvalue weighted by Gasteiger charge is 2.08. The normalized spacial score (nSPS) is 12.7. The van der Waals surface area contributed by atoms with E-state index >= 15 is 0 Å². The molecule has 1 atom stereocenters. The van der Waals surface area contributed by atoms with Gasteiger partial charge in [-0.25, -0.2) is 4.79 Å². The van der Waals surface area contributed by atoms with Crippen LogP contribution in [-0.2, 0) is 0 Å². The topological polar surface area (TPSA) is 37.8 Å². The second-order valence-electron chi connectivity index (χ2n) is 3.40. The fourth-order valence-corrected chi connectivity index (χ4v) is 1.66. The number of halogens is 1. The molecule has 0 spiro atoms. The molecule has 1 aromatic heterocycles. The fraction of sp³-hybridized carbons (Fsp3) is 0.182. The van der Waals surface area contributed by atoms with Crippen LogP contribution in [0.1, 0.15) is 18.5 Å². The van der Waals surface area contributed by atoms with Gasteiger partial charge in [-0.1, -0.05) is 23.7 Å². The molecule has 0 amide bonds. The van der Waals surface area contributed by atoms with Gasteiger partial charge in [0.2, 0.25) is 0 Å². The molecule has 1 N–H and O–H groups in total. The monoisotopic (exact) mass is 222 g/mol. The standard InChI is InChI=1S/C11H11ClN2O/c1-8(14-7-6-13-11(14)15)9-2-4-10(12)5-3-9/h2-8H,1H3,(H,13,15). The Morgan fingerprint density at radius 2 is 2.00 bits per heavy atom. The van der Waals surface area contributed by atoms with E-state index in [9.17, 15) is 4.79 Å².